The maximum absolute atomic E-state index is 12.6. The summed E-state index contributed by atoms with van der Waals surface area (Å²) < 4.78 is 5.72. The van der Waals surface area contributed by atoms with Crippen molar-refractivity contribution in [1.82, 2.24) is 28.9 Å². The summed E-state index contributed by atoms with van der Waals surface area (Å²) in [6, 6.07) is 8.40. The number of benzene rings is 1. The van der Waals surface area contributed by atoms with Gasteiger partial charge in [-0.15, -0.1) is 0 Å². The van der Waals surface area contributed by atoms with Gasteiger partial charge in [0, 0.05) is 31.9 Å². The molecule has 1 aromatic carbocycles. The lowest BCUT2D eigenvalue weighted by molar-refractivity contribution is 0.643. The van der Waals surface area contributed by atoms with Gasteiger partial charge >= 0.3 is 0 Å². The van der Waals surface area contributed by atoms with Crippen molar-refractivity contribution in [3.05, 3.63) is 47.1 Å². The minimum absolute atomic E-state index is 0.0503. The quantitative estimate of drug-likeness (QED) is 0.596. The van der Waals surface area contributed by atoms with Crippen LogP contribution in [-0.2, 0) is 13.6 Å². The number of rotatable bonds is 3. The lowest BCUT2D eigenvalue weighted by Gasteiger charge is -2.08. The summed E-state index contributed by atoms with van der Waals surface area (Å²) in [4.78, 5) is 21.8. The predicted molar refractivity (Wildman–Crippen MR) is 106 cm³/mol. The first-order valence-corrected chi connectivity index (χ1v) is 9.55. The number of imidazole rings is 1. The standard InChI is InChI=1S/C20H19N7O/c1-25-11-22-15-5-2-12(10-14(15)19(25)28)18-17(23-20-21-7-9-26(18)20)16-6-8-27(24-16)13-3-4-13/h2,5-6,8,10-11,13H,3-4,7,9H2,1H3,(H,21,23). The van der Waals surface area contributed by atoms with E-state index in [2.05, 4.69) is 14.9 Å². The maximum Gasteiger partial charge on any atom is 0.260 e. The normalized spacial score (nSPS) is 15.8. The van der Waals surface area contributed by atoms with Gasteiger partial charge < -0.3 is 14.5 Å². The van der Waals surface area contributed by atoms with Gasteiger partial charge in [0.15, 0.2) is 0 Å². The highest BCUT2D eigenvalue weighted by Crippen LogP contribution is 2.38. The summed E-state index contributed by atoms with van der Waals surface area (Å²) in [5.41, 5.74) is 4.31. The Hall–Kier alpha value is -3.42. The lowest BCUT2D eigenvalue weighted by Crippen LogP contribution is -2.16. The van der Waals surface area contributed by atoms with Crippen LogP contribution < -0.4 is 10.9 Å². The molecule has 0 saturated heterocycles. The third kappa shape index (κ3) is 2.24. The maximum atomic E-state index is 12.6. The first-order valence-electron chi connectivity index (χ1n) is 9.55. The van der Waals surface area contributed by atoms with Crippen molar-refractivity contribution in [2.24, 2.45) is 7.05 Å². The van der Waals surface area contributed by atoms with Crippen molar-refractivity contribution in [2.75, 3.05) is 11.9 Å². The second-order valence-electron chi connectivity index (χ2n) is 7.52. The van der Waals surface area contributed by atoms with E-state index < -0.39 is 0 Å². The van der Waals surface area contributed by atoms with E-state index in [0.29, 0.717) is 16.9 Å². The van der Waals surface area contributed by atoms with E-state index in [0.717, 1.165) is 41.7 Å². The van der Waals surface area contributed by atoms with Crippen LogP contribution in [0.4, 0.5) is 5.95 Å². The first kappa shape index (κ1) is 15.6. The largest absolute Gasteiger partial charge is 0.354 e. The Morgan fingerprint density at radius 3 is 2.96 bits per heavy atom. The molecule has 28 heavy (non-hydrogen) atoms. The molecule has 6 rings (SSSR count). The van der Waals surface area contributed by atoms with Gasteiger partial charge in [0.1, 0.15) is 11.4 Å². The highest BCUT2D eigenvalue weighted by Gasteiger charge is 2.27. The fraction of sp³-hybridized carbons (Fsp3) is 0.300. The number of fused-ring (bicyclic) bond motifs is 2. The Labute approximate surface area is 160 Å². The number of hydrogen-bond acceptors (Lipinski definition) is 5. The van der Waals surface area contributed by atoms with Crippen LogP contribution in [0, 0.1) is 0 Å². The van der Waals surface area contributed by atoms with Gasteiger partial charge in [-0.1, -0.05) is 6.07 Å². The van der Waals surface area contributed by atoms with Gasteiger partial charge in [0.2, 0.25) is 5.95 Å². The van der Waals surface area contributed by atoms with Gasteiger partial charge in [-0.3, -0.25) is 9.48 Å². The van der Waals surface area contributed by atoms with Crippen molar-refractivity contribution >= 4 is 16.9 Å². The molecule has 0 spiro atoms. The van der Waals surface area contributed by atoms with Crippen molar-refractivity contribution in [3.8, 4) is 22.6 Å². The van der Waals surface area contributed by atoms with E-state index in [1.165, 1.54) is 17.4 Å². The van der Waals surface area contributed by atoms with E-state index in [-0.39, 0.29) is 5.56 Å². The molecule has 4 aromatic rings. The van der Waals surface area contributed by atoms with Gasteiger partial charge in [-0.2, -0.15) is 5.10 Å². The molecule has 1 N–H and O–H groups in total. The predicted octanol–water partition coefficient (Wildman–Crippen LogP) is 2.42. The molecule has 1 fully saturated rings. The van der Waals surface area contributed by atoms with E-state index in [1.54, 1.807) is 13.4 Å². The fourth-order valence-electron chi connectivity index (χ4n) is 3.92. The molecular formula is C20H19N7O. The Kier molecular flexibility index (Phi) is 3.09. The van der Waals surface area contributed by atoms with Crippen molar-refractivity contribution < 1.29 is 0 Å². The number of hydrogen-bond donors (Lipinski definition) is 1. The zero-order valence-electron chi connectivity index (χ0n) is 15.5. The molecule has 8 nitrogen and oxygen atoms in total. The minimum atomic E-state index is -0.0503. The van der Waals surface area contributed by atoms with Gasteiger partial charge in [-0.05, 0) is 31.0 Å². The molecule has 0 bridgehead atoms. The Morgan fingerprint density at radius 2 is 2.11 bits per heavy atom. The van der Waals surface area contributed by atoms with Crippen LogP contribution in [0.15, 0.2) is 41.6 Å². The van der Waals surface area contributed by atoms with Crippen LogP contribution in [0.3, 0.4) is 0 Å². The zero-order chi connectivity index (χ0) is 18.8. The zero-order valence-corrected chi connectivity index (χ0v) is 15.5. The number of nitrogens with one attached hydrogen (secondary N) is 1. The van der Waals surface area contributed by atoms with Crippen molar-refractivity contribution in [2.45, 2.75) is 25.4 Å². The smallest absolute Gasteiger partial charge is 0.260 e. The topological polar surface area (TPSA) is 82.6 Å². The van der Waals surface area contributed by atoms with E-state index in [4.69, 9.17) is 10.1 Å². The van der Waals surface area contributed by atoms with Crippen LogP contribution >= 0.6 is 0 Å². The molecule has 2 aliphatic rings. The van der Waals surface area contributed by atoms with Gasteiger partial charge in [-0.25, -0.2) is 9.97 Å². The monoisotopic (exact) mass is 373 g/mol. The Morgan fingerprint density at radius 1 is 1.21 bits per heavy atom. The van der Waals surface area contributed by atoms with Crippen LogP contribution in [0.25, 0.3) is 33.5 Å². The molecule has 0 atom stereocenters. The third-order valence-electron chi connectivity index (χ3n) is 5.55. The molecular weight excluding hydrogens is 354 g/mol. The number of nitrogens with zero attached hydrogens (tertiary/aromatic N) is 6. The number of aryl methyl sites for hydroxylation is 1. The first-order chi connectivity index (χ1) is 13.7. The van der Waals surface area contributed by atoms with Gasteiger partial charge in [0.05, 0.1) is 29.0 Å². The highest BCUT2D eigenvalue weighted by atomic mass is 16.1. The molecule has 0 amide bonds. The second-order valence-corrected chi connectivity index (χ2v) is 7.52. The minimum Gasteiger partial charge on any atom is -0.354 e. The SMILES string of the molecule is Cn1cnc2ccc(-c3c(-c4ccn(C5CC5)n4)nc4n3CCN4)cc2c1=O. The van der Waals surface area contributed by atoms with E-state index in [1.807, 2.05) is 35.1 Å². The van der Waals surface area contributed by atoms with E-state index >= 15 is 0 Å². The molecule has 3 aromatic heterocycles. The molecule has 0 radical (unpaired) electrons. The Balaban J connectivity index is 1.57. The summed E-state index contributed by atoms with van der Waals surface area (Å²) in [5.74, 6) is 0.852. The molecule has 140 valence electrons. The summed E-state index contributed by atoms with van der Waals surface area (Å²) in [6.07, 6.45) is 5.97. The van der Waals surface area contributed by atoms with Crippen LogP contribution in [0.5, 0.6) is 0 Å². The summed E-state index contributed by atoms with van der Waals surface area (Å²) in [7, 11) is 1.72. The Bertz CT molecular complexity index is 1290. The summed E-state index contributed by atoms with van der Waals surface area (Å²) in [6.45, 7) is 1.69. The third-order valence-corrected chi connectivity index (χ3v) is 5.55. The number of aromatic nitrogens is 6. The van der Waals surface area contributed by atoms with E-state index in [9.17, 15) is 4.79 Å². The summed E-state index contributed by atoms with van der Waals surface area (Å²) in [5, 5.41) is 8.72. The molecule has 1 aliphatic carbocycles. The molecule has 4 heterocycles. The molecule has 0 unspecified atom stereocenters. The second kappa shape index (κ2) is 5.54. The summed E-state index contributed by atoms with van der Waals surface area (Å²) >= 11 is 0. The van der Waals surface area contributed by atoms with Crippen LogP contribution in [-0.4, -0.2) is 35.4 Å². The average Bonchev–Trinajstić information content (AvgIpc) is 3.12. The van der Waals surface area contributed by atoms with Crippen molar-refractivity contribution in [3.63, 3.8) is 0 Å². The molecule has 1 aliphatic heterocycles. The van der Waals surface area contributed by atoms with Gasteiger partial charge in [0.25, 0.3) is 5.56 Å². The lowest BCUT2D eigenvalue weighted by atomic mass is 10.1. The van der Waals surface area contributed by atoms with Crippen molar-refractivity contribution in [1.29, 1.82) is 0 Å². The number of anilines is 1. The highest BCUT2D eigenvalue weighted by molar-refractivity contribution is 5.87. The molecule has 1 saturated carbocycles. The van der Waals surface area contributed by atoms with Crippen LogP contribution in [0.1, 0.15) is 18.9 Å². The molecule has 8 heteroatoms. The van der Waals surface area contributed by atoms with Crippen LogP contribution in [0.2, 0.25) is 0 Å². The average molecular weight is 373 g/mol. The fourth-order valence-corrected chi connectivity index (χ4v) is 3.92.